The largest absolute Gasteiger partial charge is 0.295 e. The van der Waals surface area contributed by atoms with E-state index in [9.17, 15) is 4.79 Å². The summed E-state index contributed by atoms with van der Waals surface area (Å²) in [5.74, 6) is 0.252. The Morgan fingerprint density at radius 2 is 2.13 bits per heavy atom. The first-order valence-electron chi connectivity index (χ1n) is 5.52. The summed E-state index contributed by atoms with van der Waals surface area (Å²) in [7, 11) is 0. The fraction of sp³-hybridized carbons (Fsp3) is 0.692. The fourth-order valence-corrected chi connectivity index (χ4v) is 3.35. The summed E-state index contributed by atoms with van der Waals surface area (Å²) in [5.41, 5.74) is 0.782. The molecule has 1 saturated carbocycles. The number of allylic oxidation sites excluding steroid dienone is 2. The molecule has 0 aliphatic heterocycles. The van der Waals surface area contributed by atoms with Crippen LogP contribution in [-0.4, -0.2) is 5.78 Å². The Kier molecular flexibility index (Phi) is 2.05. The second-order valence-corrected chi connectivity index (χ2v) is 5.89. The van der Waals surface area contributed by atoms with E-state index in [0.717, 1.165) is 18.4 Å². The monoisotopic (exact) mass is 203 g/mol. The first-order valence-corrected chi connectivity index (χ1v) is 5.52. The smallest absolute Gasteiger partial charge is 0.159 e. The van der Waals surface area contributed by atoms with E-state index >= 15 is 0 Å². The molecule has 0 saturated heterocycles. The number of hydrogen-bond donors (Lipinski definition) is 0. The first-order chi connectivity index (χ1) is 6.89. The van der Waals surface area contributed by atoms with Crippen molar-refractivity contribution in [3.05, 3.63) is 11.6 Å². The van der Waals surface area contributed by atoms with Crippen molar-refractivity contribution in [2.24, 2.45) is 16.7 Å². The van der Waals surface area contributed by atoms with Gasteiger partial charge in [-0.1, -0.05) is 26.8 Å². The maximum atomic E-state index is 12.0. The SMILES string of the molecule is CC1(C)CC(=O)C2=CCC(C#N)C2(C)C1. The van der Waals surface area contributed by atoms with Crippen molar-refractivity contribution in [1.82, 2.24) is 0 Å². The van der Waals surface area contributed by atoms with Crippen molar-refractivity contribution >= 4 is 5.78 Å². The van der Waals surface area contributed by atoms with Crippen LogP contribution in [0.4, 0.5) is 0 Å². The Bertz CT molecular complexity index is 386. The summed E-state index contributed by atoms with van der Waals surface area (Å²) >= 11 is 0. The van der Waals surface area contributed by atoms with Gasteiger partial charge in [-0.15, -0.1) is 0 Å². The lowest BCUT2D eigenvalue weighted by Gasteiger charge is -2.43. The molecule has 2 heteroatoms. The molecule has 80 valence electrons. The number of carbonyl (C=O) groups is 1. The Balaban J connectivity index is 2.42. The van der Waals surface area contributed by atoms with Crippen LogP contribution in [0.3, 0.4) is 0 Å². The average molecular weight is 203 g/mol. The molecule has 0 spiro atoms. The molecule has 2 nitrogen and oxygen atoms in total. The summed E-state index contributed by atoms with van der Waals surface area (Å²) in [6.07, 6.45) is 4.33. The van der Waals surface area contributed by atoms with Gasteiger partial charge in [0.05, 0.1) is 12.0 Å². The van der Waals surface area contributed by atoms with Gasteiger partial charge < -0.3 is 0 Å². The van der Waals surface area contributed by atoms with Crippen LogP contribution in [0.2, 0.25) is 0 Å². The fourth-order valence-electron chi connectivity index (χ4n) is 3.35. The second kappa shape index (κ2) is 2.95. The van der Waals surface area contributed by atoms with Crippen LogP contribution in [0, 0.1) is 28.1 Å². The third kappa shape index (κ3) is 1.42. The van der Waals surface area contributed by atoms with Gasteiger partial charge in [0.15, 0.2) is 5.78 Å². The Morgan fingerprint density at radius 3 is 2.73 bits per heavy atom. The van der Waals surface area contributed by atoms with Gasteiger partial charge >= 0.3 is 0 Å². The van der Waals surface area contributed by atoms with E-state index < -0.39 is 0 Å². The van der Waals surface area contributed by atoms with Gasteiger partial charge in [-0.25, -0.2) is 0 Å². The average Bonchev–Trinajstić information content (AvgIpc) is 2.38. The van der Waals surface area contributed by atoms with E-state index in [2.05, 4.69) is 26.8 Å². The molecule has 2 aliphatic rings. The lowest BCUT2D eigenvalue weighted by atomic mass is 9.59. The number of hydrogen-bond acceptors (Lipinski definition) is 2. The molecule has 0 aromatic rings. The zero-order valence-corrected chi connectivity index (χ0v) is 9.63. The molecule has 0 N–H and O–H groups in total. The number of ketones is 1. The molecule has 0 heterocycles. The van der Waals surface area contributed by atoms with Crippen LogP contribution in [-0.2, 0) is 4.79 Å². The number of Topliss-reactive ketones (excluding diaryl/α,β-unsaturated/α-hetero) is 1. The maximum Gasteiger partial charge on any atom is 0.159 e. The van der Waals surface area contributed by atoms with Gasteiger partial charge in [0.25, 0.3) is 0 Å². The van der Waals surface area contributed by atoms with Crippen LogP contribution in [0.15, 0.2) is 11.6 Å². The van der Waals surface area contributed by atoms with Crippen molar-refractivity contribution in [2.75, 3.05) is 0 Å². The molecule has 0 amide bonds. The highest BCUT2D eigenvalue weighted by atomic mass is 16.1. The lowest BCUT2D eigenvalue weighted by molar-refractivity contribution is -0.121. The van der Waals surface area contributed by atoms with Crippen molar-refractivity contribution in [2.45, 2.75) is 40.0 Å². The highest BCUT2D eigenvalue weighted by molar-refractivity contribution is 5.98. The molecule has 0 aromatic heterocycles. The molecule has 0 aromatic carbocycles. The highest BCUT2D eigenvalue weighted by Crippen LogP contribution is 2.55. The Labute approximate surface area is 91.0 Å². The van der Waals surface area contributed by atoms with Crippen LogP contribution in [0.1, 0.15) is 40.0 Å². The summed E-state index contributed by atoms with van der Waals surface area (Å²) in [4.78, 5) is 12.0. The van der Waals surface area contributed by atoms with Gasteiger partial charge in [0, 0.05) is 11.8 Å². The van der Waals surface area contributed by atoms with Gasteiger partial charge in [-0.05, 0) is 23.8 Å². The van der Waals surface area contributed by atoms with Crippen molar-refractivity contribution < 1.29 is 4.79 Å². The zero-order chi connectivity index (χ0) is 11.3. The minimum absolute atomic E-state index is 0.00368. The first kappa shape index (κ1) is 10.4. The van der Waals surface area contributed by atoms with Crippen LogP contribution in [0.25, 0.3) is 0 Å². The predicted molar refractivity (Wildman–Crippen MR) is 57.9 cm³/mol. The third-order valence-electron chi connectivity index (χ3n) is 3.88. The summed E-state index contributed by atoms with van der Waals surface area (Å²) in [5, 5.41) is 9.13. The number of fused-ring (bicyclic) bond motifs is 1. The summed E-state index contributed by atoms with van der Waals surface area (Å²) in [6.45, 7) is 6.33. The van der Waals surface area contributed by atoms with Crippen molar-refractivity contribution in [3.63, 3.8) is 0 Å². The van der Waals surface area contributed by atoms with Crippen LogP contribution >= 0.6 is 0 Å². The molecule has 0 bridgehead atoms. The molecule has 2 unspecified atom stereocenters. The van der Waals surface area contributed by atoms with E-state index in [1.54, 1.807) is 0 Å². The van der Waals surface area contributed by atoms with Crippen molar-refractivity contribution in [1.29, 1.82) is 5.26 Å². The Hall–Kier alpha value is -1.10. The molecule has 2 atom stereocenters. The van der Waals surface area contributed by atoms with Gasteiger partial charge in [-0.3, -0.25) is 4.79 Å². The molecular weight excluding hydrogens is 186 g/mol. The number of carbonyl (C=O) groups excluding carboxylic acids is 1. The second-order valence-electron chi connectivity index (χ2n) is 5.89. The molecule has 2 rings (SSSR count). The minimum Gasteiger partial charge on any atom is -0.295 e. The van der Waals surface area contributed by atoms with Crippen LogP contribution in [0.5, 0.6) is 0 Å². The Morgan fingerprint density at radius 1 is 1.47 bits per heavy atom. The predicted octanol–water partition coefficient (Wildman–Crippen LogP) is 2.85. The van der Waals surface area contributed by atoms with E-state index in [0.29, 0.717) is 6.42 Å². The molecule has 2 aliphatic carbocycles. The van der Waals surface area contributed by atoms with Gasteiger partial charge in [0.2, 0.25) is 0 Å². The highest BCUT2D eigenvalue weighted by Gasteiger charge is 2.51. The maximum absolute atomic E-state index is 12.0. The lowest BCUT2D eigenvalue weighted by Crippen LogP contribution is -2.39. The van der Waals surface area contributed by atoms with E-state index in [-0.39, 0.29) is 22.5 Å². The number of nitrogens with zero attached hydrogens (tertiary/aromatic N) is 1. The minimum atomic E-state index is -0.187. The molecule has 15 heavy (non-hydrogen) atoms. The topological polar surface area (TPSA) is 40.9 Å². The summed E-state index contributed by atoms with van der Waals surface area (Å²) in [6, 6.07) is 2.36. The van der Waals surface area contributed by atoms with E-state index in [1.807, 2.05) is 6.08 Å². The summed E-state index contributed by atoms with van der Waals surface area (Å²) < 4.78 is 0. The number of nitriles is 1. The standard InChI is InChI=1S/C13H17NO/c1-12(2)6-11(15)10-5-4-9(7-14)13(10,3)8-12/h5,9H,4,6,8H2,1-3H3. The quantitative estimate of drug-likeness (QED) is 0.607. The van der Waals surface area contributed by atoms with Crippen molar-refractivity contribution in [3.8, 4) is 6.07 Å². The van der Waals surface area contributed by atoms with Crippen LogP contribution < -0.4 is 0 Å². The zero-order valence-electron chi connectivity index (χ0n) is 9.63. The van der Waals surface area contributed by atoms with E-state index in [1.165, 1.54) is 0 Å². The van der Waals surface area contributed by atoms with Gasteiger partial charge in [-0.2, -0.15) is 5.26 Å². The molecule has 0 radical (unpaired) electrons. The van der Waals surface area contributed by atoms with E-state index in [4.69, 9.17) is 5.26 Å². The van der Waals surface area contributed by atoms with Gasteiger partial charge in [0.1, 0.15) is 0 Å². The normalized spacial score (nSPS) is 38.1. The molecule has 1 fully saturated rings. The third-order valence-corrected chi connectivity index (χ3v) is 3.88. The number of rotatable bonds is 0. The molecular formula is C13H17NO.